The van der Waals surface area contributed by atoms with Crippen molar-refractivity contribution in [2.24, 2.45) is 5.92 Å². The second kappa shape index (κ2) is 4.44. The quantitative estimate of drug-likeness (QED) is 0.680. The number of nitrogens with zero attached hydrogens (tertiary/aromatic N) is 3. The van der Waals surface area contributed by atoms with Crippen molar-refractivity contribution in [3.05, 3.63) is 11.6 Å². The van der Waals surface area contributed by atoms with E-state index in [0.717, 1.165) is 12.3 Å². The van der Waals surface area contributed by atoms with E-state index >= 15 is 0 Å². The van der Waals surface area contributed by atoms with E-state index in [2.05, 4.69) is 26.3 Å². The summed E-state index contributed by atoms with van der Waals surface area (Å²) >= 11 is 0. The topological polar surface area (TPSA) is 103 Å². The minimum absolute atomic E-state index is 0.164. The Balaban J connectivity index is 1.78. The fraction of sp³-hybridized carbons (Fsp3) is 0.583. The number of rotatable bonds is 2. The Hall–Kier alpha value is -1.85. The van der Waals surface area contributed by atoms with Crippen LogP contribution in [-0.2, 0) is 0 Å². The molecule has 0 radical (unpaired) electrons. The second-order valence-electron chi connectivity index (χ2n) is 4.98. The van der Waals surface area contributed by atoms with Crippen LogP contribution in [0.3, 0.4) is 0 Å². The van der Waals surface area contributed by atoms with Crippen LogP contribution in [0.1, 0.15) is 32.1 Å². The fourth-order valence-electron chi connectivity index (χ4n) is 3.02. The van der Waals surface area contributed by atoms with Crippen molar-refractivity contribution in [1.82, 2.24) is 15.0 Å². The molecular weight excluding hydrogens is 228 g/mol. The van der Waals surface area contributed by atoms with E-state index in [0.29, 0.717) is 12.0 Å². The SMILES string of the molecule is Nc1nc(N)nc(NC2CCC3CCCC=C32)n1. The summed E-state index contributed by atoms with van der Waals surface area (Å²) in [6.45, 7) is 0. The zero-order chi connectivity index (χ0) is 12.5. The number of anilines is 3. The Morgan fingerprint density at radius 2 is 1.83 bits per heavy atom. The van der Waals surface area contributed by atoms with Gasteiger partial charge in [-0.3, -0.25) is 0 Å². The van der Waals surface area contributed by atoms with Gasteiger partial charge in [0.05, 0.1) is 6.04 Å². The first-order chi connectivity index (χ1) is 8.72. The van der Waals surface area contributed by atoms with E-state index < -0.39 is 0 Å². The van der Waals surface area contributed by atoms with Gasteiger partial charge in [0.1, 0.15) is 0 Å². The number of hydrogen-bond acceptors (Lipinski definition) is 6. The van der Waals surface area contributed by atoms with Crippen LogP contribution < -0.4 is 16.8 Å². The lowest BCUT2D eigenvalue weighted by molar-refractivity contribution is 0.526. The lowest BCUT2D eigenvalue weighted by Crippen LogP contribution is -2.22. The van der Waals surface area contributed by atoms with Gasteiger partial charge in [0, 0.05) is 0 Å². The summed E-state index contributed by atoms with van der Waals surface area (Å²) < 4.78 is 0. The Morgan fingerprint density at radius 3 is 2.61 bits per heavy atom. The number of fused-ring (bicyclic) bond motifs is 1. The van der Waals surface area contributed by atoms with Gasteiger partial charge in [0.2, 0.25) is 17.8 Å². The largest absolute Gasteiger partial charge is 0.368 e. The van der Waals surface area contributed by atoms with Gasteiger partial charge in [-0.15, -0.1) is 0 Å². The van der Waals surface area contributed by atoms with Gasteiger partial charge in [-0.25, -0.2) is 0 Å². The van der Waals surface area contributed by atoms with Crippen molar-refractivity contribution in [2.45, 2.75) is 38.1 Å². The monoisotopic (exact) mass is 246 g/mol. The fourth-order valence-corrected chi connectivity index (χ4v) is 3.02. The van der Waals surface area contributed by atoms with Crippen molar-refractivity contribution >= 4 is 17.8 Å². The third-order valence-corrected chi connectivity index (χ3v) is 3.79. The van der Waals surface area contributed by atoms with Gasteiger partial charge in [-0.2, -0.15) is 15.0 Å². The van der Waals surface area contributed by atoms with Gasteiger partial charge in [0.15, 0.2) is 0 Å². The van der Waals surface area contributed by atoms with Crippen LogP contribution in [0, 0.1) is 5.92 Å². The standard InChI is InChI=1S/C12H18N6/c13-10-16-11(14)18-12(17-10)15-9-6-5-7-3-1-2-4-8(7)9/h4,7,9H,1-3,5-6H2,(H5,13,14,15,16,17,18). The molecule has 5 N–H and O–H groups in total. The van der Waals surface area contributed by atoms with E-state index in [-0.39, 0.29) is 11.9 Å². The Kier molecular flexibility index (Phi) is 2.77. The van der Waals surface area contributed by atoms with Crippen LogP contribution in [0.25, 0.3) is 0 Å². The molecule has 0 aromatic carbocycles. The lowest BCUT2D eigenvalue weighted by atomic mass is 9.89. The molecule has 2 unspecified atom stereocenters. The molecule has 0 aliphatic heterocycles. The average molecular weight is 246 g/mol. The normalized spacial score (nSPS) is 26.6. The maximum Gasteiger partial charge on any atom is 0.229 e. The molecule has 6 nitrogen and oxygen atoms in total. The Labute approximate surface area is 106 Å². The molecule has 1 heterocycles. The van der Waals surface area contributed by atoms with Crippen molar-refractivity contribution in [2.75, 3.05) is 16.8 Å². The average Bonchev–Trinajstić information content (AvgIpc) is 2.72. The number of aromatic nitrogens is 3. The first-order valence-corrected chi connectivity index (χ1v) is 6.46. The third kappa shape index (κ3) is 2.10. The molecule has 0 amide bonds. The number of nitrogens with two attached hydrogens (primary N) is 2. The van der Waals surface area contributed by atoms with Gasteiger partial charge in [-0.05, 0) is 43.6 Å². The van der Waals surface area contributed by atoms with Gasteiger partial charge in [0.25, 0.3) is 0 Å². The van der Waals surface area contributed by atoms with Crippen LogP contribution in [0.5, 0.6) is 0 Å². The number of allylic oxidation sites excluding steroid dienone is 1. The van der Waals surface area contributed by atoms with E-state index in [1.54, 1.807) is 0 Å². The molecule has 18 heavy (non-hydrogen) atoms. The zero-order valence-corrected chi connectivity index (χ0v) is 10.3. The maximum atomic E-state index is 5.57. The number of nitrogens with one attached hydrogen (secondary N) is 1. The number of nitrogen functional groups attached to an aromatic ring is 2. The van der Waals surface area contributed by atoms with Gasteiger partial charge < -0.3 is 16.8 Å². The predicted molar refractivity (Wildman–Crippen MR) is 70.7 cm³/mol. The molecule has 2 aliphatic carbocycles. The molecule has 1 aromatic rings. The van der Waals surface area contributed by atoms with Crippen LogP contribution in [0.2, 0.25) is 0 Å². The van der Waals surface area contributed by atoms with Crippen molar-refractivity contribution in [1.29, 1.82) is 0 Å². The summed E-state index contributed by atoms with van der Waals surface area (Å²) in [5, 5.41) is 3.33. The van der Waals surface area contributed by atoms with E-state index in [1.807, 2.05) is 0 Å². The first-order valence-electron chi connectivity index (χ1n) is 6.46. The molecule has 0 bridgehead atoms. The zero-order valence-electron chi connectivity index (χ0n) is 10.3. The lowest BCUT2D eigenvalue weighted by Gasteiger charge is -2.21. The summed E-state index contributed by atoms with van der Waals surface area (Å²) in [6, 6.07) is 0.330. The van der Waals surface area contributed by atoms with Gasteiger partial charge in [-0.1, -0.05) is 6.08 Å². The molecule has 96 valence electrons. The smallest absolute Gasteiger partial charge is 0.229 e. The van der Waals surface area contributed by atoms with Crippen molar-refractivity contribution < 1.29 is 0 Å². The molecule has 1 saturated carbocycles. The molecule has 1 aromatic heterocycles. The first kappa shape index (κ1) is 11.3. The van der Waals surface area contributed by atoms with Crippen LogP contribution in [0.15, 0.2) is 11.6 Å². The Morgan fingerprint density at radius 1 is 1.06 bits per heavy atom. The highest BCUT2D eigenvalue weighted by Crippen LogP contribution is 2.39. The summed E-state index contributed by atoms with van der Waals surface area (Å²) in [5.41, 5.74) is 12.7. The molecule has 6 heteroatoms. The van der Waals surface area contributed by atoms with E-state index in [9.17, 15) is 0 Å². The summed E-state index contributed by atoms with van der Waals surface area (Å²) in [7, 11) is 0. The van der Waals surface area contributed by atoms with E-state index in [4.69, 9.17) is 11.5 Å². The van der Waals surface area contributed by atoms with Crippen LogP contribution in [0.4, 0.5) is 17.8 Å². The summed E-state index contributed by atoms with van der Waals surface area (Å²) in [5.74, 6) is 1.55. The molecular formula is C12H18N6. The predicted octanol–water partition coefficient (Wildman–Crippen LogP) is 1.34. The van der Waals surface area contributed by atoms with Crippen LogP contribution in [-0.4, -0.2) is 21.0 Å². The summed E-state index contributed by atoms with van der Waals surface area (Å²) in [4.78, 5) is 11.9. The minimum atomic E-state index is 0.164. The summed E-state index contributed by atoms with van der Waals surface area (Å²) in [6.07, 6.45) is 8.55. The highest BCUT2D eigenvalue weighted by molar-refractivity contribution is 5.41. The third-order valence-electron chi connectivity index (χ3n) is 3.79. The highest BCUT2D eigenvalue weighted by atomic mass is 15.2. The molecule has 2 atom stereocenters. The van der Waals surface area contributed by atoms with Crippen LogP contribution >= 0.6 is 0 Å². The minimum Gasteiger partial charge on any atom is -0.368 e. The van der Waals surface area contributed by atoms with Gasteiger partial charge >= 0.3 is 0 Å². The highest BCUT2D eigenvalue weighted by Gasteiger charge is 2.31. The molecule has 2 aliphatic rings. The Bertz CT molecular complexity index is 463. The second-order valence-corrected chi connectivity index (χ2v) is 4.98. The molecule has 0 saturated heterocycles. The number of hydrogen-bond donors (Lipinski definition) is 3. The molecule has 1 fully saturated rings. The molecule has 0 spiro atoms. The molecule has 3 rings (SSSR count). The van der Waals surface area contributed by atoms with Crippen molar-refractivity contribution in [3.8, 4) is 0 Å². The van der Waals surface area contributed by atoms with Crippen molar-refractivity contribution in [3.63, 3.8) is 0 Å². The van der Waals surface area contributed by atoms with E-state index in [1.165, 1.54) is 31.3 Å². The maximum absolute atomic E-state index is 5.57.